The molecule has 44 heavy (non-hydrogen) atoms. The van der Waals surface area contributed by atoms with Gasteiger partial charge in [-0.3, -0.25) is 13.9 Å². The normalized spacial score (nSPS) is 11.8. The molecule has 8 nitrogen and oxygen atoms in total. The van der Waals surface area contributed by atoms with Crippen LogP contribution < -0.4 is 14.4 Å². The van der Waals surface area contributed by atoms with Gasteiger partial charge in [0.1, 0.15) is 24.9 Å². The van der Waals surface area contributed by atoms with Crippen molar-refractivity contribution in [2.75, 3.05) is 24.2 Å². The zero-order chi connectivity index (χ0) is 31.7. The van der Waals surface area contributed by atoms with Crippen molar-refractivity contribution >= 4 is 50.7 Å². The number of carbonyl (C=O) groups excluding carboxylic acids is 2. The first kappa shape index (κ1) is 32.9. The maximum Gasteiger partial charge on any atom is 0.244 e. The minimum absolute atomic E-state index is 0.119. The van der Waals surface area contributed by atoms with Crippen LogP contribution in [-0.2, 0) is 39.2 Å². The summed E-state index contributed by atoms with van der Waals surface area (Å²) in [6.45, 7) is -0.337. The Morgan fingerprint density at radius 1 is 0.818 bits per heavy atom. The molecule has 0 radical (unpaired) electrons. The van der Waals surface area contributed by atoms with Crippen LogP contribution in [0.2, 0.25) is 10.0 Å². The molecule has 230 valence electrons. The largest absolute Gasteiger partial charge is 0.489 e. The summed E-state index contributed by atoms with van der Waals surface area (Å²) in [4.78, 5) is 28.7. The molecule has 2 amide bonds. The van der Waals surface area contributed by atoms with Gasteiger partial charge in [-0.1, -0.05) is 89.9 Å². The third kappa shape index (κ3) is 8.75. The van der Waals surface area contributed by atoms with Crippen molar-refractivity contribution in [3.63, 3.8) is 0 Å². The van der Waals surface area contributed by atoms with Crippen molar-refractivity contribution in [2.45, 2.75) is 25.6 Å². The fraction of sp³-hybridized carbons (Fsp3) is 0.212. The Labute approximate surface area is 268 Å². The number of nitrogens with zero attached hydrogens (tertiary/aromatic N) is 2. The molecular weight excluding hydrogens is 621 g/mol. The number of rotatable bonds is 13. The number of anilines is 1. The van der Waals surface area contributed by atoms with Gasteiger partial charge >= 0.3 is 0 Å². The summed E-state index contributed by atoms with van der Waals surface area (Å²) in [6.07, 6.45) is 1.20. The Bertz CT molecular complexity index is 1650. The predicted octanol–water partition coefficient (Wildman–Crippen LogP) is 5.72. The van der Waals surface area contributed by atoms with Crippen LogP contribution in [0, 0.1) is 0 Å². The van der Waals surface area contributed by atoms with E-state index in [4.69, 9.17) is 27.9 Å². The lowest BCUT2D eigenvalue weighted by Gasteiger charge is -2.33. The summed E-state index contributed by atoms with van der Waals surface area (Å²) < 4.78 is 32.8. The van der Waals surface area contributed by atoms with Gasteiger partial charge in [-0.05, 0) is 47.5 Å². The second-order valence-electron chi connectivity index (χ2n) is 10.1. The molecule has 0 heterocycles. The molecule has 1 N–H and O–H groups in total. The number of nitrogens with one attached hydrogen (secondary N) is 1. The number of hydrogen-bond acceptors (Lipinski definition) is 5. The van der Waals surface area contributed by atoms with Crippen LogP contribution in [-0.4, -0.2) is 51.0 Å². The molecule has 0 saturated heterocycles. The van der Waals surface area contributed by atoms with Gasteiger partial charge in [0.2, 0.25) is 21.8 Å². The van der Waals surface area contributed by atoms with Crippen molar-refractivity contribution < 1.29 is 22.7 Å². The quantitative estimate of drug-likeness (QED) is 0.199. The Morgan fingerprint density at radius 3 is 1.93 bits per heavy atom. The van der Waals surface area contributed by atoms with Crippen molar-refractivity contribution in [1.82, 2.24) is 10.2 Å². The number of halogens is 2. The molecule has 0 fully saturated rings. The standard InChI is InChI=1S/C33H33Cl2N3O5S/c1-36-33(40)31(20-24-10-5-3-6-11-24)37(21-28-29(34)14-9-15-30(28)35)32(39)22-38(44(2,41)42)26-16-18-27(19-17-26)43-23-25-12-7-4-8-13-25/h3-19,31H,20-23H2,1-2H3,(H,36,40)/t31-/m0/s1. The minimum atomic E-state index is -3.92. The van der Waals surface area contributed by atoms with E-state index in [2.05, 4.69) is 5.32 Å². The first-order chi connectivity index (χ1) is 21.1. The number of amides is 2. The highest BCUT2D eigenvalue weighted by molar-refractivity contribution is 7.92. The SMILES string of the molecule is CNC(=O)[C@H](Cc1ccccc1)N(Cc1c(Cl)cccc1Cl)C(=O)CN(c1ccc(OCc2ccccc2)cc1)S(C)(=O)=O. The molecule has 4 rings (SSSR count). The van der Waals surface area contributed by atoms with Gasteiger partial charge in [-0.15, -0.1) is 0 Å². The van der Waals surface area contributed by atoms with Crippen LogP contribution in [0.3, 0.4) is 0 Å². The second-order valence-corrected chi connectivity index (χ2v) is 12.8. The summed E-state index contributed by atoms with van der Waals surface area (Å²) in [5.74, 6) is -0.494. The topological polar surface area (TPSA) is 96.0 Å². The van der Waals surface area contributed by atoms with E-state index in [1.165, 1.54) is 11.9 Å². The fourth-order valence-electron chi connectivity index (χ4n) is 4.64. The van der Waals surface area contributed by atoms with E-state index >= 15 is 0 Å². The first-order valence-electron chi connectivity index (χ1n) is 13.8. The third-order valence-corrected chi connectivity index (χ3v) is 8.81. The highest BCUT2D eigenvalue weighted by Gasteiger charge is 2.33. The van der Waals surface area contributed by atoms with Gasteiger partial charge in [-0.25, -0.2) is 8.42 Å². The number of likely N-dealkylation sites (N-methyl/N-ethyl adjacent to an activating group) is 1. The van der Waals surface area contributed by atoms with Gasteiger partial charge in [0.25, 0.3) is 0 Å². The molecule has 0 spiro atoms. The van der Waals surface area contributed by atoms with Gasteiger partial charge < -0.3 is 15.0 Å². The Balaban J connectivity index is 1.64. The van der Waals surface area contributed by atoms with Crippen molar-refractivity contribution in [2.24, 2.45) is 0 Å². The summed E-state index contributed by atoms with van der Waals surface area (Å²) in [6, 6.07) is 29.3. The van der Waals surface area contributed by atoms with E-state index in [0.29, 0.717) is 28.0 Å². The number of benzene rings is 4. The van der Waals surface area contributed by atoms with Gasteiger partial charge in [0, 0.05) is 35.6 Å². The number of sulfonamides is 1. The van der Waals surface area contributed by atoms with Crippen molar-refractivity contribution in [1.29, 1.82) is 0 Å². The molecule has 0 bridgehead atoms. The predicted molar refractivity (Wildman–Crippen MR) is 174 cm³/mol. The van der Waals surface area contributed by atoms with Gasteiger partial charge in [-0.2, -0.15) is 0 Å². The summed E-state index contributed by atoms with van der Waals surface area (Å²) >= 11 is 12.9. The van der Waals surface area contributed by atoms with E-state index in [1.807, 2.05) is 60.7 Å². The van der Waals surface area contributed by atoms with E-state index in [0.717, 1.165) is 21.7 Å². The number of hydrogen-bond donors (Lipinski definition) is 1. The van der Waals surface area contributed by atoms with Crippen LogP contribution in [0.5, 0.6) is 5.75 Å². The van der Waals surface area contributed by atoms with E-state index in [-0.39, 0.29) is 18.7 Å². The molecule has 0 unspecified atom stereocenters. The molecular formula is C33H33Cl2N3O5S. The van der Waals surface area contributed by atoms with E-state index in [9.17, 15) is 18.0 Å². The molecule has 0 aliphatic rings. The molecule has 4 aromatic carbocycles. The molecule has 0 aliphatic heterocycles. The van der Waals surface area contributed by atoms with Crippen LogP contribution in [0.4, 0.5) is 5.69 Å². The summed E-state index contributed by atoms with van der Waals surface area (Å²) in [7, 11) is -2.44. The average Bonchev–Trinajstić information content (AvgIpc) is 3.02. The second kappa shape index (κ2) is 15.1. The van der Waals surface area contributed by atoms with Crippen LogP contribution in [0.1, 0.15) is 16.7 Å². The fourth-order valence-corrected chi connectivity index (χ4v) is 6.00. The minimum Gasteiger partial charge on any atom is -0.489 e. The maximum absolute atomic E-state index is 14.1. The first-order valence-corrected chi connectivity index (χ1v) is 16.4. The summed E-state index contributed by atoms with van der Waals surface area (Å²) in [5.41, 5.74) is 2.51. The maximum atomic E-state index is 14.1. The molecule has 0 aromatic heterocycles. The van der Waals surface area contributed by atoms with Crippen molar-refractivity contribution in [3.8, 4) is 5.75 Å². The Hall–Kier alpha value is -4.05. The Kier molecular flexibility index (Phi) is 11.3. The van der Waals surface area contributed by atoms with Crippen LogP contribution in [0.25, 0.3) is 0 Å². The molecule has 0 saturated carbocycles. The number of carbonyl (C=O) groups is 2. The molecule has 1 atom stereocenters. The van der Waals surface area contributed by atoms with E-state index in [1.54, 1.807) is 42.5 Å². The van der Waals surface area contributed by atoms with Crippen LogP contribution >= 0.6 is 23.2 Å². The average molecular weight is 655 g/mol. The number of ether oxygens (including phenoxy) is 1. The Morgan fingerprint density at radius 2 is 1.39 bits per heavy atom. The van der Waals surface area contributed by atoms with Gasteiger partial charge in [0.05, 0.1) is 11.9 Å². The third-order valence-electron chi connectivity index (χ3n) is 6.96. The van der Waals surface area contributed by atoms with Crippen LogP contribution in [0.15, 0.2) is 103 Å². The molecule has 11 heteroatoms. The van der Waals surface area contributed by atoms with Gasteiger partial charge in [0.15, 0.2) is 0 Å². The molecule has 0 aliphatic carbocycles. The van der Waals surface area contributed by atoms with Crippen molar-refractivity contribution in [3.05, 3.63) is 130 Å². The lowest BCUT2D eigenvalue weighted by atomic mass is 10.0. The zero-order valence-electron chi connectivity index (χ0n) is 24.3. The smallest absolute Gasteiger partial charge is 0.244 e. The lowest BCUT2D eigenvalue weighted by Crippen LogP contribution is -2.53. The monoisotopic (exact) mass is 653 g/mol. The summed E-state index contributed by atoms with van der Waals surface area (Å²) in [5, 5.41) is 3.27. The van der Waals surface area contributed by atoms with E-state index < -0.39 is 34.4 Å². The zero-order valence-corrected chi connectivity index (χ0v) is 26.6. The highest BCUT2D eigenvalue weighted by atomic mass is 35.5. The lowest BCUT2D eigenvalue weighted by molar-refractivity contribution is -0.139. The highest BCUT2D eigenvalue weighted by Crippen LogP contribution is 2.28. The molecule has 4 aromatic rings.